The number of nitrogens with two attached hydrogens (primary N) is 1. The monoisotopic (exact) mass is 299 g/mol. The zero-order chi connectivity index (χ0) is 14.8. The number of aryl methyl sites for hydroxylation is 1. The number of nitrogens with zero attached hydrogens (tertiary/aromatic N) is 4. The van der Waals surface area contributed by atoms with E-state index in [0.717, 1.165) is 5.56 Å². The van der Waals surface area contributed by atoms with Crippen LogP contribution >= 0.6 is 11.6 Å². The van der Waals surface area contributed by atoms with E-state index in [-0.39, 0.29) is 0 Å². The Hall–Kier alpha value is -2.40. The number of hydrogen-bond acceptors (Lipinski definition) is 4. The van der Waals surface area contributed by atoms with Crippen LogP contribution in [0.25, 0.3) is 11.4 Å². The Labute approximate surface area is 127 Å². The van der Waals surface area contributed by atoms with Crippen LogP contribution in [0.3, 0.4) is 0 Å². The first-order chi connectivity index (χ1) is 10.1. The van der Waals surface area contributed by atoms with E-state index in [1.807, 2.05) is 0 Å². The molecule has 5 nitrogen and oxygen atoms in total. The lowest BCUT2D eigenvalue weighted by molar-refractivity contribution is 0.653. The highest BCUT2D eigenvalue weighted by atomic mass is 35.5. The van der Waals surface area contributed by atoms with Crippen molar-refractivity contribution in [2.24, 2.45) is 0 Å². The van der Waals surface area contributed by atoms with E-state index >= 15 is 0 Å². The number of rotatable bonds is 3. The average molecular weight is 300 g/mol. The number of hydrogen-bond donors (Lipinski definition) is 1. The second-order valence-electron chi connectivity index (χ2n) is 4.85. The third-order valence-electron chi connectivity index (χ3n) is 3.25. The molecule has 0 aliphatic carbocycles. The third kappa shape index (κ3) is 2.73. The minimum atomic E-state index is 0.537. The Morgan fingerprint density at radius 3 is 2.62 bits per heavy atom. The number of anilines is 1. The maximum atomic E-state index is 6.23. The maximum absolute atomic E-state index is 6.23. The van der Waals surface area contributed by atoms with Crippen molar-refractivity contribution in [2.75, 3.05) is 5.73 Å². The Morgan fingerprint density at radius 1 is 1.14 bits per heavy atom. The van der Waals surface area contributed by atoms with E-state index in [4.69, 9.17) is 17.3 Å². The molecular weight excluding hydrogens is 286 g/mol. The standard InChI is InChI=1S/C15H14ClN5/c1-10-5-7-11(8-6-10)9-21-15(18-19-20-21)14-12(16)3-2-4-13(14)17/h2-8H,9,17H2,1H3. The highest BCUT2D eigenvalue weighted by molar-refractivity contribution is 6.33. The van der Waals surface area contributed by atoms with Crippen LogP contribution in [0.5, 0.6) is 0 Å². The van der Waals surface area contributed by atoms with Crippen molar-refractivity contribution < 1.29 is 0 Å². The lowest BCUT2D eigenvalue weighted by Gasteiger charge is -2.09. The molecule has 0 saturated carbocycles. The molecule has 2 aromatic carbocycles. The van der Waals surface area contributed by atoms with Gasteiger partial charge in [0.05, 0.1) is 17.1 Å². The van der Waals surface area contributed by atoms with Gasteiger partial charge in [-0.3, -0.25) is 0 Å². The predicted molar refractivity (Wildman–Crippen MR) is 83.0 cm³/mol. The smallest absolute Gasteiger partial charge is 0.185 e. The fourth-order valence-electron chi connectivity index (χ4n) is 2.13. The molecule has 6 heteroatoms. The molecular formula is C15H14ClN5. The molecule has 0 aliphatic rings. The van der Waals surface area contributed by atoms with Crippen LogP contribution in [0.2, 0.25) is 5.02 Å². The van der Waals surface area contributed by atoms with Gasteiger partial charge < -0.3 is 5.73 Å². The van der Waals surface area contributed by atoms with Gasteiger partial charge in [0, 0.05) is 5.69 Å². The zero-order valence-corrected chi connectivity index (χ0v) is 12.2. The topological polar surface area (TPSA) is 69.6 Å². The summed E-state index contributed by atoms with van der Waals surface area (Å²) >= 11 is 6.23. The fourth-order valence-corrected chi connectivity index (χ4v) is 2.40. The summed E-state index contributed by atoms with van der Waals surface area (Å²) in [6, 6.07) is 13.6. The van der Waals surface area contributed by atoms with Gasteiger partial charge >= 0.3 is 0 Å². The van der Waals surface area contributed by atoms with Crippen LogP contribution in [0, 0.1) is 6.92 Å². The fraction of sp³-hybridized carbons (Fsp3) is 0.133. The van der Waals surface area contributed by atoms with Gasteiger partial charge in [-0.1, -0.05) is 47.5 Å². The van der Waals surface area contributed by atoms with E-state index in [0.29, 0.717) is 28.6 Å². The van der Waals surface area contributed by atoms with Crippen LogP contribution < -0.4 is 5.73 Å². The molecule has 0 spiro atoms. The summed E-state index contributed by atoms with van der Waals surface area (Å²) in [6.45, 7) is 2.62. The molecule has 0 unspecified atom stereocenters. The summed E-state index contributed by atoms with van der Waals surface area (Å²) in [5, 5.41) is 12.4. The molecule has 0 bridgehead atoms. The van der Waals surface area contributed by atoms with Crippen molar-refractivity contribution in [1.29, 1.82) is 0 Å². The van der Waals surface area contributed by atoms with E-state index in [9.17, 15) is 0 Å². The van der Waals surface area contributed by atoms with E-state index in [1.165, 1.54) is 5.56 Å². The van der Waals surface area contributed by atoms with Crippen LogP contribution in [-0.4, -0.2) is 20.2 Å². The van der Waals surface area contributed by atoms with Gasteiger partial charge in [-0.15, -0.1) is 5.10 Å². The van der Waals surface area contributed by atoms with Gasteiger partial charge in [-0.25, -0.2) is 4.68 Å². The van der Waals surface area contributed by atoms with Gasteiger partial charge in [0.2, 0.25) is 0 Å². The number of aromatic nitrogens is 4. The van der Waals surface area contributed by atoms with Gasteiger partial charge in [-0.2, -0.15) is 0 Å². The molecule has 3 aromatic rings. The normalized spacial score (nSPS) is 10.8. The van der Waals surface area contributed by atoms with Crippen molar-refractivity contribution in [3.05, 3.63) is 58.6 Å². The summed E-state index contributed by atoms with van der Waals surface area (Å²) in [5.41, 5.74) is 9.55. The molecule has 0 saturated heterocycles. The Morgan fingerprint density at radius 2 is 1.90 bits per heavy atom. The Kier molecular flexibility index (Phi) is 3.58. The van der Waals surface area contributed by atoms with E-state index in [1.54, 1.807) is 22.9 Å². The molecule has 0 atom stereocenters. The molecule has 3 rings (SSSR count). The minimum absolute atomic E-state index is 0.537. The van der Waals surface area contributed by atoms with Gasteiger partial charge in [0.25, 0.3) is 0 Å². The van der Waals surface area contributed by atoms with Crippen LogP contribution in [-0.2, 0) is 6.54 Å². The van der Waals surface area contributed by atoms with Crippen molar-refractivity contribution in [3.63, 3.8) is 0 Å². The third-order valence-corrected chi connectivity index (χ3v) is 3.57. The van der Waals surface area contributed by atoms with Gasteiger partial charge in [0.1, 0.15) is 0 Å². The lowest BCUT2D eigenvalue weighted by Crippen LogP contribution is -2.06. The average Bonchev–Trinajstić information content (AvgIpc) is 2.89. The number of nitrogen functional groups attached to an aromatic ring is 1. The highest BCUT2D eigenvalue weighted by Gasteiger charge is 2.15. The Bertz CT molecular complexity index is 744. The summed E-state index contributed by atoms with van der Waals surface area (Å²) in [5.74, 6) is 0.568. The molecule has 1 heterocycles. The molecule has 0 radical (unpaired) electrons. The molecule has 0 aliphatic heterocycles. The second kappa shape index (κ2) is 5.54. The molecule has 21 heavy (non-hydrogen) atoms. The highest BCUT2D eigenvalue weighted by Crippen LogP contribution is 2.31. The van der Waals surface area contributed by atoms with Crippen molar-refractivity contribution >= 4 is 17.3 Å². The van der Waals surface area contributed by atoms with Gasteiger partial charge in [0.15, 0.2) is 5.82 Å². The SMILES string of the molecule is Cc1ccc(Cn2nnnc2-c2c(N)cccc2Cl)cc1. The lowest BCUT2D eigenvalue weighted by atomic mass is 10.1. The first-order valence-electron chi connectivity index (χ1n) is 6.51. The summed E-state index contributed by atoms with van der Waals surface area (Å²) in [4.78, 5) is 0. The maximum Gasteiger partial charge on any atom is 0.185 e. The zero-order valence-electron chi connectivity index (χ0n) is 11.5. The first kappa shape index (κ1) is 13.6. The van der Waals surface area contributed by atoms with Crippen LogP contribution in [0.4, 0.5) is 5.69 Å². The predicted octanol–water partition coefficient (Wildman–Crippen LogP) is 2.93. The first-order valence-corrected chi connectivity index (χ1v) is 6.89. The summed E-state index contributed by atoms with van der Waals surface area (Å²) in [7, 11) is 0. The van der Waals surface area contributed by atoms with Crippen LogP contribution in [0.1, 0.15) is 11.1 Å². The quantitative estimate of drug-likeness (QED) is 0.755. The van der Waals surface area contributed by atoms with Gasteiger partial charge in [-0.05, 0) is 35.0 Å². The molecule has 106 valence electrons. The summed E-state index contributed by atoms with van der Waals surface area (Å²) < 4.78 is 1.70. The Balaban J connectivity index is 2.00. The largest absolute Gasteiger partial charge is 0.398 e. The van der Waals surface area contributed by atoms with Crippen molar-refractivity contribution in [1.82, 2.24) is 20.2 Å². The molecule has 1 aromatic heterocycles. The van der Waals surface area contributed by atoms with E-state index in [2.05, 4.69) is 46.7 Å². The molecule has 0 fully saturated rings. The second-order valence-corrected chi connectivity index (χ2v) is 5.26. The van der Waals surface area contributed by atoms with E-state index < -0.39 is 0 Å². The number of tetrazole rings is 1. The summed E-state index contributed by atoms with van der Waals surface area (Å²) in [6.07, 6.45) is 0. The van der Waals surface area contributed by atoms with Crippen molar-refractivity contribution in [2.45, 2.75) is 13.5 Å². The molecule has 2 N–H and O–H groups in total. The number of benzene rings is 2. The van der Waals surface area contributed by atoms with Crippen LogP contribution in [0.15, 0.2) is 42.5 Å². The minimum Gasteiger partial charge on any atom is -0.398 e. The molecule has 0 amide bonds. The number of halogens is 1. The van der Waals surface area contributed by atoms with Crippen molar-refractivity contribution in [3.8, 4) is 11.4 Å².